The molecule has 1 atom stereocenters. The van der Waals surface area contributed by atoms with E-state index in [0.29, 0.717) is 12.8 Å². The molecule has 0 aromatic heterocycles. The number of rotatable bonds is 13. The van der Waals surface area contributed by atoms with E-state index in [1.165, 1.54) is 0 Å². The normalized spacial score (nSPS) is 13.1. The molecule has 0 aliphatic heterocycles. The fourth-order valence-corrected chi connectivity index (χ4v) is 5.08. The van der Waals surface area contributed by atoms with E-state index < -0.39 is 60.4 Å². The molecular weight excluding hydrogens is 594 g/mol. The molecule has 3 amide bonds. The van der Waals surface area contributed by atoms with Crippen LogP contribution in [0.3, 0.4) is 0 Å². The number of carbonyl (C=O) groups excluding carboxylic acids is 4. The molecule has 1 unspecified atom stereocenters. The number of nitrogens with zero attached hydrogens (tertiary/aromatic N) is 1. The molecule has 0 saturated heterocycles. The zero-order valence-electron chi connectivity index (χ0n) is 27.4. The number of urea groups is 1. The van der Waals surface area contributed by atoms with Gasteiger partial charge in [-0.25, -0.2) is 14.4 Å². The molecule has 1 aliphatic carbocycles. The van der Waals surface area contributed by atoms with Gasteiger partial charge in [0.2, 0.25) is 0 Å². The summed E-state index contributed by atoms with van der Waals surface area (Å²) in [7, 11) is 0. The van der Waals surface area contributed by atoms with Crippen LogP contribution in [0.5, 0.6) is 0 Å². The third-order valence-corrected chi connectivity index (χ3v) is 6.90. The number of hydrogen-bond donors (Lipinski definition) is 3. The molecule has 2 aromatic carbocycles. The lowest BCUT2D eigenvalue weighted by Crippen LogP contribution is -2.47. The first-order valence-corrected chi connectivity index (χ1v) is 15.3. The van der Waals surface area contributed by atoms with Crippen molar-refractivity contribution in [3.63, 3.8) is 0 Å². The number of amides is 3. The SMILES string of the molecule is CC(C)(C)OC(=O)CN(CC(=O)OC(C)(C)C)C(=O)NCCCCC(NC(=O)OCC1c2ccccc2-c2ccccc21)C(=O)O. The van der Waals surface area contributed by atoms with Crippen LogP contribution in [0.1, 0.15) is 77.8 Å². The summed E-state index contributed by atoms with van der Waals surface area (Å²) in [6, 6.07) is 13.9. The molecule has 12 heteroatoms. The largest absolute Gasteiger partial charge is 0.480 e. The van der Waals surface area contributed by atoms with Gasteiger partial charge >= 0.3 is 30.0 Å². The number of carbonyl (C=O) groups is 5. The van der Waals surface area contributed by atoms with Crippen molar-refractivity contribution in [1.29, 1.82) is 0 Å². The topological polar surface area (TPSA) is 161 Å². The average Bonchev–Trinajstić information content (AvgIpc) is 3.26. The zero-order chi connectivity index (χ0) is 34.1. The number of alkyl carbamates (subject to hydrolysis) is 1. The molecule has 1 aliphatic rings. The highest BCUT2D eigenvalue weighted by molar-refractivity contribution is 5.85. The van der Waals surface area contributed by atoms with Gasteiger partial charge in [-0.15, -0.1) is 0 Å². The van der Waals surface area contributed by atoms with Crippen LogP contribution in [0.25, 0.3) is 11.1 Å². The van der Waals surface area contributed by atoms with Crippen LogP contribution < -0.4 is 10.6 Å². The average molecular weight is 640 g/mol. The number of esters is 2. The summed E-state index contributed by atoms with van der Waals surface area (Å²) in [5.41, 5.74) is 2.70. The van der Waals surface area contributed by atoms with Crippen LogP contribution in [-0.2, 0) is 28.6 Å². The number of carboxylic acids is 1. The van der Waals surface area contributed by atoms with Crippen molar-refractivity contribution < 1.29 is 43.3 Å². The Bertz CT molecular complexity index is 1340. The monoisotopic (exact) mass is 639 g/mol. The van der Waals surface area contributed by atoms with Gasteiger partial charge in [-0.1, -0.05) is 48.5 Å². The molecule has 0 saturated carbocycles. The minimum absolute atomic E-state index is 0.0569. The minimum Gasteiger partial charge on any atom is -0.480 e. The second-order valence-electron chi connectivity index (χ2n) is 13.1. The second-order valence-corrected chi connectivity index (χ2v) is 13.1. The summed E-state index contributed by atoms with van der Waals surface area (Å²) in [6.07, 6.45) is -0.0229. The van der Waals surface area contributed by atoms with Crippen molar-refractivity contribution in [3.8, 4) is 11.1 Å². The Hall–Kier alpha value is -4.61. The van der Waals surface area contributed by atoms with E-state index in [2.05, 4.69) is 10.6 Å². The van der Waals surface area contributed by atoms with Crippen LogP contribution in [0.15, 0.2) is 48.5 Å². The standard InChI is InChI=1S/C34H45N3O9/c1-33(2,3)45-28(38)19-37(20-29(39)46-34(4,5)6)31(42)35-18-12-11-17-27(30(40)41)36-32(43)44-21-26-24-15-9-7-13-22(24)23-14-8-10-16-25(23)26/h7-10,13-16,26-27H,11-12,17-21H2,1-6H3,(H,35,42)(H,36,43)(H,40,41). The summed E-state index contributed by atoms with van der Waals surface area (Å²) in [5.74, 6) is -2.74. The molecule has 2 aromatic rings. The number of ether oxygens (including phenoxy) is 3. The molecule has 0 heterocycles. The fraction of sp³-hybridized carbons (Fsp3) is 0.500. The third kappa shape index (κ3) is 11.1. The van der Waals surface area contributed by atoms with Gasteiger partial charge in [0.15, 0.2) is 0 Å². The Balaban J connectivity index is 1.47. The number of carboxylic acid groups (broad SMARTS) is 1. The number of nitrogens with one attached hydrogen (secondary N) is 2. The summed E-state index contributed by atoms with van der Waals surface area (Å²) in [4.78, 5) is 63.1. The smallest absolute Gasteiger partial charge is 0.407 e. The van der Waals surface area contributed by atoms with Crippen molar-refractivity contribution in [2.24, 2.45) is 0 Å². The van der Waals surface area contributed by atoms with Gasteiger partial charge in [-0.3, -0.25) is 9.59 Å². The van der Waals surface area contributed by atoms with Crippen LogP contribution in [0.2, 0.25) is 0 Å². The number of fused-ring (bicyclic) bond motifs is 3. The van der Waals surface area contributed by atoms with E-state index in [0.717, 1.165) is 27.2 Å². The maximum Gasteiger partial charge on any atom is 0.407 e. The first-order valence-electron chi connectivity index (χ1n) is 15.3. The second kappa shape index (κ2) is 15.6. The maximum atomic E-state index is 12.9. The molecule has 0 bridgehead atoms. The molecule has 3 N–H and O–H groups in total. The highest BCUT2D eigenvalue weighted by Gasteiger charge is 2.30. The molecule has 250 valence electrons. The summed E-state index contributed by atoms with van der Waals surface area (Å²) in [5, 5.41) is 14.7. The van der Waals surface area contributed by atoms with E-state index in [-0.39, 0.29) is 25.5 Å². The van der Waals surface area contributed by atoms with E-state index in [9.17, 15) is 29.1 Å². The number of hydrogen-bond acceptors (Lipinski definition) is 8. The van der Waals surface area contributed by atoms with Gasteiger partial charge in [-0.2, -0.15) is 0 Å². The Morgan fingerprint density at radius 2 is 1.30 bits per heavy atom. The van der Waals surface area contributed by atoms with Gasteiger partial charge in [0.25, 0.3) is 0 Å². The molecular formula is C34H45N3O9. The van der Waals surface area contributed by atoms with E-state index in [1.807, 2.05) is 48.5 Å². The molecule has 0 spiro atoms. The van der Waals surface area contributed by atoms with Crippen LogP contribution in [-0.4, -0.2) is 83.5 Å². The Morgan fingerprint density at radius 1 is 0.804 bits per heavy atom. The molecule has 0 fully saturated rings. The van der Waals surface area contributed by atoms with Crippen molar-refractivity contribution in [2.75, 3.05) is 26.2 Å². The number of aliphatic carboxylic acids is 1. The van der Waals surface area contributed by atoms with Gasteiger partial charge in [-0.05, 0) is 83.1 Å². The van der Waals surface area contributed by atoms with Gasteiger partial charge in [0.05, 0.1) is 0 Å². The van der Waals surface area contributed by atoms with E-state index >= 15 is 0 Å². The fourth-order valence-electron chi connectivity index (χ4n) is 5.08. The number of unbranched alkanes of at least 4 members (excludes halogenated alkanes) is 1. The highest BCUT2D eigenvalue weighted by atomic mass is 16.6. The van der Waals surface area contributed by atoms with Crippen molar-refractivity contribution in [3.05, 3.63) is 59.7 Å². The molecule has 0 radical (unpaired) electrons. The van der Waals surface area contributed by atoms with E-state index in [1.54, 1.807) is 41.5 Å². The maximum absolute atomic E-state index is 12.9. The molecule has 12 nitrogen and oxygen atoms in total. The Kier molecular flexibility index (Phi) is 12.2. The Morgan fingerprint density at radius 3 is 1.78 bits per heavy atom. The van der Waals surface area contributed by atoms with Gasteiger partial charge in [0, 0.05) is 12.5 Å². The van der Waals surface area contributed by atoms with Crippen LogP contribution in [0, 0.1) is 0 Å². The predicted octanol–water partition coefficient (Wildman–Crippen LogP) is 4.84. The van der Waals surface area contributed by atoms with Crippen molar-refractivity contribution in [1.82, 2.24) is 15.5 Å². The number of benzene rings is 2. The lowest BCUT2D eigenvalue weighted by molar-refractivity contribution is -0.158. The first-order chi connectivity index (χ1) is 21.5. The highest BCUT2D eigenvalue weighted by Crippen LogP contribution is 2.44. The lowest BCUT2D eigenvalue weighted by Gasteiger charge is -2.26. The molecule has 46 heavy (non-hydrogen) atoms. The van der Waals surface area contributed by atoms with Crippen molar-refractivity contribution >= 4 is 30.0 Å². The quantitative estimate of drug-likeness (QED) is 0.158. The first kappa shape index (κ1) is 35.9. The summed E-state index contributed by atoms with van der Waals surface area (Å²) >= 11 is 0. The summed E-state index contributed by atoms with van der Waals surface area (Å²) < 4.78 is 16.1. The third-order valence-electron chi connectivity index (χ3n) is 6.90. The van der Waals surface area contributed by atoms with E-state index in [4.69, 9.17) is 14.2 Å². The lowest BCUT2D eigenvalue weighted by atomic mass is 9.98. The van der Waals surface area contributed by atoms with Gasteiger partial charge in [0.1, 0.15) is 36.9 Å². The minimum atomic E-state index is -1.21. The predicted molar refractivity (Wildman–Crippen MR) is 170 cm³/mol. The van der Waals surface area contributed by atoms with Crippen LogP contribution >= 0.6 is 0 Å². The molecule has 3 rings (SSSR count). The zero-order valence-corrected chi connectivity index (χ0v) is 27.4. The van der Waals surface area contributed by atoms with Crippen molar-refractivity contribution in [2.45, 2.75) is 84.0 Å². The summed E-state index contributed by atoms with van der Waals surface area (Å²) in [6.45, 7) is 9.40. The van der Waals surface area contributed by atoms with Crippen LogP contribution in [0.4, 0.5) is 9.59 Å². The van der Waals surface area contributed by atoms with Gasteiger partial charge < -0.3 is 34.9 Å². The Labute approximate surface area is 269 Å².